The van der Waals surface area contributed by atoms with Crippen LogP contribution in [0.4, 0.5) is 0 Å². The van der Waals surface area contributed by atoms with E-state index in [0.29, 0.717) is 5.56 Å². The number of nitrogens with one attached hydrogen (secondary N) is 2. The lowest BCUT2D eigenvalue weighted by Crippen LogP contribution is -2.30. The number of aromatic nitrogens is 1. The summed E-state index contributed by atoms with van der Waals surface area (Å²) >= 11 is 0. The summed E-state index contributed by atoms with van der Waals surface area (Å²) in [6.07, 6.45) is 1.64. The minimum absolute atomic E-state index is 0.165. The van der Waals surface area contributed by atoms with Gasteiger partial charge in [0.25, 0.3) is 5.91 Å². The van der Waals surface area contributed by atoms with Crippen LogP contribution in [0.5, 0.6) is 0 Å². The molecule has 0 saturated carbocycles. The van der Waals surface area contributed by atoms with Crippen LogP contribution in [0.1, 0.15) is 28.4 Å². The Balaban J connectivity index is 1.83. The average molecular weight is 308 g/mol. The molecule has 0 bridgehead atoms. The highest BCUT2D eigenvalue weighted by molar-refractivity contribution is 5.98. The molecular formula is C18H16N2O3. The number of benzene rings is 2. The van der Waals surface area contributed by atoms with E-state index in [4.69, 9.17) is 5.11 Å². The van der Waals surface area contributed by atoms with E-state index in [0.717, 1.165) is 16.5 Å². The molecule has 116 valence electrons. The topological polar surface area (TPSA) is 82.2 Å². The number of fused-ring (bicyclic) bond motifs is 1. The summed E-state index contributed by atoms with van der Waals surface area (Å²) in [4.78, 5) is 26.6. The molecule has 3 N–H and O–H groups in total. The Morgan fingerprint density at radius 2 is 1.87 bits per heavy atom. The fraction of sp³-hybridized carbons (Fsp3) is 0.111. The molecule has 1 unspecified atom stereocenters. The molecule has 0 aliphatic rings. The van der Waals surface area contributed by atoms with Crippen molar-refractivity contribution < 1.29 is 14.7 Å². The lowest BCUT2D eigenvalue weighted by atomic mass is 10.0. The van der Waals surface area contributed by atoms with Gasteiger partial charge in [0.2, 0.25) is 0 Å². The Hall–Kier alpha value is -3.08. The van der Waals surface area contributed by atoms with E-state index in [-0.39, 0.29) is 12.3 Å². The van der Waals surface area contributed by atoms with E-state index >= 15 is 0 Å². The van der Waals surface area contributed by atoms with Crippen molar-refractivity contribution in [3.8, 4) is 0 Å². The highest BCUT2D eigenvalue weighted by atomic mass is 16.4. The van der Waals surface area contributed by atoms with Gasteiger partial charge in [0.1, 0.15) is 0 Å². The lowest BCUT2D eigenvalue weighted by molar-refractivity contribution is -0.137. The minimum atomic E-state index is -0.958. The number of hydrogen-bond acceptors (Lipinski definition) is 2. The van der Waals surface area contributed by atoms with Crippen molar-refractivity contribution in [3.05, 3.63) is 71.9 Å². The number of carbonyl (C=O) groups excluding carboxylic acids is 1. The number of carboxylic acid groups (broad SMARTS) is 1. The average Bonchev–Trinajstić information content (AvgIpc) is 3.02. The van der Waals surface area contributed by atoms with Crippen LogP contribution in [-0.2, 0) is 4.79 Å². The first kappa shape index (κ1) is 14.8. The van der Waals surface area contributed by atoms with Crippen molar-refractivity contribution in [1.82, 2.24) is 10.3 Å². The molecular weight excluding hydrogens is 292 g/mol. The monoisotopic (exact) mass is 308 g/mol. The van der Waals surface area contributed by atoms with Crippen LogP contribution in [0, 0.1) is 0 Å². The molecule has 1 atom stereocenters. The van der Waals surface area contributed by atoms with Gasteiger partial charge in [-0.3, -0.25) is 9.59 Å². The number of carbonyl (C=O) groups is 2. The lowest BCUT2D eigenvalue weighted by Gasteiger charge is -2.17. The SMILES string of the molecule is O=C(O)CC(NC(=O)c1ccc2[nH]ccc2c1)c1ccccc1. The van der Waals surface area contributed by atoms with Crippen molar-refractivity contribution in [2.45, 2.75) is 12.5 Å². The van der Waals surface area contributed by atoms with Gasteiger partial charge in [-0.15, -0.1) is 0 Å². The second-order valence-electron chi connectivity index (χ2n) is 5.31. The standard InChI is InChI=1S/C18H16N2O3/c21-17(22)11-16(12-4-2-1-3-5-12)20-18(23)14-6-7-15-13(10-14)8-9-19-15/h1-10,16,19H,11H2,(H,20,23)(H,21,22). The summed E-state index contributed by atoms with van der Waals surface area (Å²) in [7, 11) is 0. The summed E-state index contributed by atoms with van der Waals surface area (Å²) in [6, 6.07) is 15.8. The molecule has 0 aliphatic heterocycles. The van der Waals surface area contributed by atoms with Crippen LogP contribution in [-0.4, -0.2) is 22.0 Å². The molecule has 23 heavy (non-hydrogen) atoms. The van der Waals surface area contributed by atoms with Crippen molar-refractivity contribution in [3.63, 3.8) is 0 Å². The summed E-state index contributed by atoms with van der Waals surface area (Å²) in [5.41, 5.74) is 2.22. The Bertz CT molecular complexity index is 840. The highest BCUT2D eigenvalue weighted by Gasteiger charge is 2.19. The molecule has 0 spiro atoms. The first-order chi connectivity index (χ1) is 11.1. The number of amides is 1. The zero-order valence-corrected chi connectivity index (χ0v) is 12.3. The molecule has 1 heterocycles. The van der Waals surface area contributed by atoms with Crippen LogP contribution in [0.25, 0.3) is 10.9 Å². The van der Waals surface area contributed by atoms with Gasteiger partial charge in [-0.1, -0.05) is 30.3 Å². The summed E-state index contributed by atoms with van der Waals surface area (Å²) in [5.74, 6) is -1.25. The van der Waals surface area contributed by atoms with Gasteiger partial charge in [0.15, 0.2) is 0 Å². The number of aromatic amines is 1. The minimum Gasteiger partial charge on any atom is -0.481 e. The predicted molar refractivity (Wildman–Crippen MR) is 87.2 cm³/mol. The maximum atomic E-state index is 12.5. The van der Waals surface area contributed by atoms with Gasteiger partial charge in [-0.2, -0.15) is 0 Å². The Kier molecular flexibility index (Phi) is 4.10. The summed E-state index contributed by atoms with van der Waals surface area (Å²) in [6.45, 7) is 0. The molecule has 1 aromatic heterocycles. The van der Waals surface area contributed by atoms with E-state index in [2.05, 4.69) is 10.3 Å². The van der Waals surface area contributed by atoms with Crippen molar-refractivity contribution in [2.75, 3.05) is 0 Å². The Morgan fingerprint density at radius 1 is 1.09 bits per heavy atom. The Morgan fingerprint density at radius 3 is 2.61 bits per heavy atom. The number of aliphatic carboxylic acids is 1. The van der Waals surface area contributed by atoms with Gasteiger partial charge in [-0.05, 0) is 29.8 Å². The van der Waals surface area contributed by atoms with Gasteiger partial charge >= 0.3 is 5.97 Å². The van der Waals surface area contributed by atoms with Crippen molar-refractivity contribution in [2.24, 2.45) is 0 Å². The summed E-state index contributed by atoms with van der Waals surface area (Å²) in [5, 5.41) is 12.8. The van der Waals surface area contributed by atoms with E-state index in [9.17, 15) is 9.59 Å². The van der Waals surface area contributed by atoms with E-state index in [1.807, 2.05) is 48.7 Å². The van der Waals surface area contributed by atoms with Crippen LogP contribution in [0.15, 0.2) is 60.8 Å². The molecule has 0 radical (unpaired) electrons. The number of rotatable bonds is 5. The highest BCUT2D eigenvalue weighted by Crippen LogP contribution is 2.19. The first-order valence-corrected chi connectivity index (χ1v) is 7.28. The number of hydrogen-bond donors (Lipinski definition) is 3. The zero-order valence-electron chi connectivity index (χ0n) is 12.3. The van der Waals surface area contributed by atoms with Gasteiger partial charge in [0.05, 0.1) is 12.5 Å². The van der Waals surface area contributed by atoms with Crippen LogP contribution in [0.2, 0.25) is 0 Å². The van der Waals surface area contributed by atoms with E-state index in [1.54, 1.807) is 12.1 Å². The number of carboxylic acids is 1. The number of H-pyrrole nitrogens is 1. The maximum absolute atomic E-state index is 12.5. The molecule has 0 fully saturated rings. The quantitative estimate of drug-likeness (QED) is 0.677. The van der Waals surface area contributed by atoms with Crippen LogP contribution < -0.4 is 5.32 Å². The molecule has 5 nitrogen and oxygen atoms in total. The van der Waals surface area contributed by atoms with Gasteiger partial charge in [-0.25, -0.2) is 0 Å². The molecule has 3 aromatic rings. The largest absolute Gasteiger partial charge is 0.481 e. The zero-order chi connectivity index (χ0) is 16.2. The van der Waals surface area contributed by atoms with Crippen LogP contribution in [0.3, 0.4) is 0 Å². The molecule has 2 aromatic carbocycles. The van der Waals surface area contributed by atoms with Crippen LogP contribution >= 0.6 is 0 Å². The third kappa shape index (κ3) is 3.40. The molecule has 0 aliphatic carbocycles. The smallest absolute Gasteiger partial charge is 0.305 e. The third-order valence-corrected chi connectivity index (χ3v) is 3.70. The third-order valence-electron chi connectivity index (χ3n) is 3.70. The Labute approximate surface area is 133 Å². The normalized spacial score (nSPS) is 12.0. The second-order valence-corrected chi connectivity index (χ2v) is 5.31. The van der Waals surface area contributed by atoms with E-state index in [1.165, 1.54) is 0 Å². The fourth-order valence-corrected chi connectivity index (χ4v) is 2.55. The fourth-order valence-electron chi connectivity index (χ4n) is 2.55. The molecule has 0 saturated heterocycles. The first-order valence-electron chi connectivity index (χ1n) is 7.28. The van der Waals surface area contributed by atoms with Crippen molar-refractivity contribution >= 4 is 22.8 Å². The molecule has 5 heteroatoms. The summed E-state index contributed by atoms with van der Waals surface area (Å²) < 4.78 is 0. The molecule has 3 rings (SSSR count). The van der Waals surface area contributed by atoms with E-state index < -0.39 is 12.0 Å². The maximum Gasteiger partial charge on any atom is 0.305 e. The van der Waals surface area contributed by atoms with Crippen molar-refractivity contribution in [1.29, 1.82) is 0 Å². The van der Waals surface area contributed by atoms with Gasteiger partial charge in [0, 0.05) is 22.7 Å². The molecule has 1 amide bonds. The second kappa shape index (κ2) is 6.36. The van der Waals surface area contributed by atoms with Gasteiger partial charge < -0.3 is 15.4 Å². The predicted octanol–water partition coefficient (Wildman–Crippen LogP) is 3.11.